The number of phosphoric acid groups is 1. The van der Waals surface area contributed by atoms with Crippen LogP contribution in [0.5, 0.6) is 0 Å². The minimum absolute atomic E-state index is 0.0188. The van der Waals surface area contributed by atoms with Crippen LogP contribution >= 0.6 is 7.82 Å². The van der Waals surface area contributed by atoms with Crippen molar-refractivity contribution in [2.45, 2.75) is 205 Å². The van der Waals surface area contributed by atoms with Crippen molar-refractivity contribution in [2.75, 3.05) is 40.9 Å². The van der Waals surface area contributed by atoms with Crippen LogP contribution in [0.3, 0.4) is 0 Å². The van der Waals surface area contributed by atoms with Crippen LogP contribution in [0.2, 0.25) is 0 Å². The zero-order valence-electron chi connectivity index (χ0n) is 36.3. The summed E-state index contributed by atoms with van der Waals surface area (Å²) in [5, 5.41) is 34.7. The summed E-state index contributed by atoms with van der Waals surface area (Å²) in [4.78, 5) is 38.1. The van der Waals surface area contributed by atoms with E-state index in [-0.39, 0.29) is 43.0 Å². The Morgan fingerprint density at radius 3 is 1.93 bits per heavy atom. The fourth-order valence-electron chi connectivity index (χ4n) is 7.47. The lowest BCUT2D eigenvalue weighted by Crippen LogP contribution is -2.46. The number of rotatable bonds is 37. The third kappa shape index (κ3) is 27.5. The number of aliphatic hydroxyl groups excluding tert-OH is 3. The first-order valence-corrected chi connectivity index (χ1v) is 24.1. The van der Waals surface area contributed by atoms with Gasteiger partial charge in [-0.05, 0) is 31.6 Å². The molecule has 56 heavy (non-hydrogen) atoms. The summed E-state index contributed by atoms with van der Waals surface area (Å²) in [5.74, 6) is -0.797. The number of nitrogens with one attached hydrogen (secondary N) is 1. The zero-order valence-corrected chi connectivity index (χ0v) is 37.2. The van der Waals surface area contributed by atoms with E-state index in [9.17, 15) is 34.4 Å². The van der Waals surface area contributed by atoms with E-state index in [1.54, 1.807) is 12.2 Å². The minimum atomic E-state index is -4.63. The van der Waals surface area contributed by atoms with Gasteiger partial charge in [-0.25, -0.2) is 0 Å². The Labute approximate surface area is 342 Å². The largest absolute Gasteiger partial charge is 0.756 e. The van der Waals surface area contributed by atoms with Crippen molar-refractivity contribution in [1.29, 1.82) is 0 Å². The predicted molar refractivity (Wildman–Crippen MR) is 225 cm³/mol. The number of hydrogen-bond acceptors (Lipinski definition) is 9. The highest BCUT2D eigenvalue weighted by Gasteiger charge is 2.39. The maximum Gasteiger partial charge on any atom is 0.268 e. The molecule has 1 aliphatic rings. The number of unbranched alkanes of at least 4 members (excludes halogenated alkanes) is 18. The molecule has 1 rings (SSSR count). The van der Waals surface area contributed by atoms with Gasteiger partial charge in [-0.15, -0.1) is 0 Å². The molecule has 0 saturated heterocycles. The highest BCUT2D eigenvalue weighted by atomic mass is 31.2. The molecule has 0 radical (unpaired) electrons. The summed E-state index contributed by atoms with van der Waals surface area (Å²) in [6.07, 6.45) is 26.7. The average Bonchev–Trinajstić information content (AvgIpc) is 3.40. The van der Waals surface area contributed by atoms with E-state index in [1.807, 2.05) is 21.1 Å². The number of amides is 1. The van der Waals surface area contributed by atoms with Gasteiger partial charge in [0.05, 0.1) is 52.1 Å². The van der Waals surface area contributed by atoms with Crippen molar-refractivity contribution in [1.82, 2.24) is 5.32 Å². The molecule has 1 saturated carbocycles. The number of Topliss-reactive ketones (excluding diaryl/α,β-unsaturated/α-hetero) is 1. The maximum atomic E-state index is 13.0. The molecule has 1 unspecified atom stereocenters. The lowest BCUT2D eigenvalue weighted by Gasteiger charge is -2.30. The Balaban J connectivity index is 2.50. The van der Waals surface area contributed by atoms with Gasteiger partial charge in [0.1, 0.15) is 18.9 Å². The third-order valence-electron chi connectivity index (χ3n) is 11.2. The van der Waals surface area contributed by atoms with Crippen LogP contribution in [0.4, 0.5) is 0 Å². The van der Waals surface area contributed by atoms with Crippen LogP contribution in [0.25, 0.3) is 0 Å². The van der Waals surface area contributed by atoms with Crippen LogP contribution in [0.1, 0.15) is 181 Å². The van der Waals surface area contributed by atoms with Crippen molar-refractivity contribution in [2.24, 2.45) is 11.8 Å². The highest BCUT2D eigenvalue weighted by Crippen LogP contribution is 2.38. The lowest BCUT2D eigenvalue weighted by atomic mass is 9.88. The molecule has 0 aromatic rings. The van der Waals surface area contributed by atoms with E-state index in [0.717, 1.165) is 57.8 Å². The molecule has 12 heteroatoms. The van der Waals surface area contributed by atoms with E-state index in [4.69, 9.17) is 9.05 Å². The smallest absolute Gasteiger partial charge is 0.268 e. The minimum Gasteiger partial charge on any atom is -0.756 e. The molecule has 1 amide bonds. The van der Waals surface area contributed by atoms with E-state index >= 15 is 0 Å². The SMILES string of the molecule is CCCCCCCCCCCCCCCC[C@@H](O)[C@H](COP(=O)([O-])OCC[N+](C)(C)C)NC(=O)CCCCCC[C@H]1[C@@H](O)CC(=O)[C@@H]1/C=C/[C@@H](O)CCCCC. The molecule has 7 atom stereocenters. The van der Waals surface area contributed by atoms with Gasteiger partial charge in [0, 0.05) is 18.8 Å². The summed E-state index contributed by atoms with van der Waals surface area (Å²) >= 11 is 0. The maximum absolute atomic E-state index is 13.0. The number of aliphatic hydroxyl groups is 3. The van der Waals surface area contributed by atoms with Crippen molar-refractivity contribution >= 4 is 19.5 Å². The molecule has 0 aromatic carbocycles. The first kappa shape index (κ1) is 52.8. The van der Waals surface area contributed by atoms with E-state index in [1.165, 1.54) is 70.6 Å². The summed E-state index contributed by atoms with van der Waals surface area (Å²) in [6, 6.07) is -0.884. The van der Waals surface area contributed by atoms with E-state index < -0.39 is 38.8 Å². The monoisotopic (exact) mass is 817 g/mol. The fourth-order valence-corrected chi connectivity index (χ4v) is 8.20. The van der Waals surface area contributed by atoms with Crippen molar-refractivity contribution < 1.29 is 47.9 Å². The summed E-state index contributed by atoms with van der Waals surface area (Å²) in [5.41, 5.74) is 0. The van der Waals surface area contributed by atoms with Gasteiger partial charge in [0.15, 0.2) is 0 Å². The first-order chi connectivity index (χ1) is 26.7. The van der Waals surface area contributed by atoms with Gasteiger partial charge in [-0.2, -0.15) is 0 Å². The van der Waals surface area contributed by atoms with Crippen molar-refractivity contribution in [3.63, 3.8) is 0 Å². The Bertz CT molecular complexity index is 1090. The molecular formula is C44H85N2O9P. The number of phosphoric ester groups is 1. The molecule has 0 aromatic heterocycles. The number of quaternary nitrogens is 1. The molecule has 0 aliphatic heterocycles. The topological polar surface area (TPSA) is 165 Å². The Kier molecular flexibility index (Phi) is 29.9. The standard InChI is InChI=1S/C44H85N2O9P/c1-6-8-10-11-12-13-14-15-16-17-18-19-20-25-29-41(48)40(36-55-56(52,53)54-34-33-46(3,4)5)45-44(51)30-26-22-21-24-28-38-39(43(50)35-42(38)49)32-31-37(47)27-23-9-7-2/h31-32,37-42,47-49H,6-30,33-36H2,1-5H3,(H-,45,51,52,53)/b32-31+/t37-,38+,39+,40-,41+,42-/m0/s1. The van der Waals surface area contributed by atoms with Crippen molar-refractivity contribution in [3.05, 3.63) is 12.2 Å². The molecule has 330 valence electrons. The van der Waals surface area contributed by atoms with Gasteiger partial charge in [-0.1, -0.05) is 154 Å². The second kappa shape index (κ2) is 31.7. The van der Waals surface area contributed by atoms with Gasteiger partial charge < -0.3 is 39.1 Å². The van der Waals surface area contributed by atoms with Crippen LogP contribution in [0, 0.1) is 11.8 Å². The fraction of sp³-hybridized carbons (Fsp3) is 0.909. The summed E-state index contributed by atoms with van der Waals surface area (Å²) in [7, 11) is 1.16. The molecule has 0 bridgehead atoms. The number of carbonyl (C=O) groups excluding carboxylic acids is 2. The number of nitrogens with zero attached hydrogens (tertiary/aromatic N) is 1. The number of carbonyl (C=O) groups is 2. The molecule has 11 nitrogen and oxygen atoms in total. The number of allylic oxidation sites excluding steroid dienone is 1. The van der Waals surface area contributed by atoms with E-state index in [2.05, 4.69) is 19.2 Å². The second-order valence-corrected chi connectivity index (χ2v) is 19.0. The van der Waals surface area contributed by atoms with Crippen LogP contribution in [0.15, 0.2) is 12.2 Å². The Morgan fingerprint density at radius 2 is 1.34 bits per heavy atom. The first-order valence-electron chi connectivity index (χ1n) is 22.6. The van der Waals surface area contributed by atoms with E-state index in [0.29, 0.717) is 36.7 Å². The lowest BCUT2D eigenvalue weighted by molar-refractivity contribution is -0.870. The third-order valence-corrected chi connectivity index (χ3v) is 12.1. The molecule has 4 N–H and O–H groups in total. The molecular weight excluding hydrogens is 731 g/mol. The Hall–Kier alpha value is -1.17. The summed E-state index contributed by atoms with van der Waals surface area (Å²) < 4.78 is 23.2. The van der Waals surface area contributed by atoms with Gasteiger partial charge >= 0.3 is 0 Å². The summed E-state index contributed by atoms with van der Waals surface area (Å²) in [6.45, 7) is 4.41. The van der Waals surface area contributed by atoms with Gasteiger partial charge in [0.25, 0.3) is 7.82 Å². The Morgan fingerprint density at radius 1 is 0.821 bits per heavy atom. The molecule has 0 spiro atoms. The molecule has 1 fully saturated rings. The van der Waals surface area contributed by atoms with Crippen LogP contribution in [-0.2, 0) is 23.2 Å². The highest BCUT2D eigenvalue weighted by molar-refractivity contribution is 7.45. The van der Waals surface area contributed by atoms with Crippen molar-refractivity contribution in [3.8, 4) is 0 Å². The van der Waals surface area contributed by atoms with Crippen LogP contribution < -0.4 is 10.2 Å². The van der Waals surface area contributed by atoms with Gasteiger partial charge in [-0.3, -0.25) is 14.2 Å². The zero-order chi connectivity index (χ0) is 41.7. The molecule has 1 aliphatic carbocycles. The quantitative estimate of drug-likeness (QED) is 0.0209. The second-order valence-electron chi connectivity index (χ2n) is 17.5. The number of likely N-dealkylation sites (N-methyl/N-ethyl adjacent to an activating group) is 1. The average molecular weight is 817 g/mol. The predicted octanol–water partition coefficient (Wildman–Crippen LogP) is 8.32. The molecule has 0 heterocycles. The number of hydrogen-bond donors (Lipinski definition) is 4. The van der Waals surface area contributed by atoms with Crippen LogP contribution in [-0.4, -0.2) is 96.7 Å². The normalized spacial score (nSPS) is 20.4. The number of ketones is 1. The van der Waals surface area contributed by atoms with Gasteiger partial charge in [0.2, 0.25) is 5.91 Å².